The maximum absolute atomic E-state index is 13.8. The smallest absolute Gasteiger partial charge is 0.280 e. The minimum atomic E-state index is -2.74. The Hall–Kier alpha value is -3.61. The fourth-order valence-electron chi connectivity index (χ4n) is 4.51. The highest BCUT2D eigenvalue weighted by Gasteiger charge is 2.28. The van der Waals surface area contributed by atoms with Crippen molar-refractivity contribution in [1.82, 2.24) is 19.5 Å². The molecule has 0 radical (unpaired) electrons. The van der Waals surface area contributed by atoms with Gasteiger partial charge >= 0.3 is 0 Å². The molecule has 2 aromatic carbocycles. The molecule has 1 saturated heterocycles. The van der Waals surface area contributed by atoms with Gasteiger partial charge in [0.05, 0.1) is 11.9 Å². The maximum Gasteiger partial charge on any atom is 0.280 e. The Labute approximate surface area is 190 Å². The van der Waals surface area contributed by atoms with Crippen LogP contribution in [0.15, 0.2) is 72.9 Å². The number of rotatable bonds is 5. The number of piperidine rings is 1. The van der Waals surface area contributed by atoms with Gasteiger partial charge in [-0.3, -0.25) is 4.79 Å². The first-order chi connectivity index (χ1) is 16.1. The molecule has 0 unspecified atom stereocenters. The number of aromatic nitrogens is 3. The minimum absolute atomic E-state index is 0.170. The molecular weight excluding hydrogens is 422 g/mol. The molecule has 0 aliphatic carbocycles. The number of hydrogen-bond donors (Lipinski definition) is 0. The number of benzene rings is 2. The van der Waals surface area contributed by atoms with Gasteiger partial charge in [-0.15, -0.1) is 0 Å². The monoisotopic (exact) mass is 446 g/mol. The molecule has 5 rings (SSSR count). The van der Waals surface area contributed by atoms with E-state index in [9.17, 15) is 13.6 Å². The Bertz CT molecular complexity index is 1250. The Morgan fingerprint density at radius 2 is 1.67 bits per heavy atom. The van der Waals surface area contributed by atoms with Gasteiger partial charge in [0.1, 0.15) is 11.3 Å². The van der Waals surface area contributed by atoms with Gasteiger partial charge in [-0.1, -0.05) is 60.7 Å². The first-order valence-electron chi connectivity index (χ1n) is 11.2. The zero-order valence-electron chi connectivity index (χ0n) is 18.1. The average Bonchev–Trinajstić information content (AvgIpc) is 3.28. The molecule has 168 valence electrons. The summed E-state index contributed by atoms with van der Waals surface area (Å²) in [6, 6.07) is 20.8. The van der Waals surface area contributed by atoms with Crippen LogP contribution >= 0.6 is 0 Å². The molecule has 1 aliphatic heterocycles. The van der Waals surface area contributed by atoms with Gasteiger partial charge in [0.2, 0.25) is 0 Å². The second kappa shape index (κ2) is 9.10. The van der Waals surface area contributed by atoms with Crippen molar-refractivity contribution in [1.29, 1.82) is 0 Å². The van der Waals surface area contributed by atoms with E-state index in [4.69, 9.17) is 0 Å². The van der Waals surface area contributed by atoms with Crippen molar-refractivity contribution in [3.05, 3.63) is 89.7 Å². The van der Waals surface area contributed by atoms with Crippen molar-refractivity contribution in [3.63, 3.8) is 0 Å². The van der Waals surface area contributed by atoms with Gasteiger partial charge in [0.15, 0.2) is 5.65 Å². The highest BCUT2D eigenvalue weighted by Crippen LogP contribution is 2.28. The van der Waals surface area contributed by atoms with Crippen LogP contribution in [0.5, 0.6) is 0 Å². The van der Waals surface area contributed by atoms with Crippen LogP contribution < -0.4 is 0 Å². The summed E-state index contributed by atoms with van der Waals surface area (Å²) in [4.78, 5) is 19.7. The third-order valence-electron chi connectivity index (χ3n) is 6.29. The van der Waals surface area contributed by atoms with Crippen LogP contribution in [0.4, 0.5) is 8.78 Å². The topological polar surface area (TPSA) is 50.5 Å². The summed E-state index contributed by atoms with van der Waals surface area (Å²) >= 11 is 0. The third-order valence-corrected chi connectivity index (χ3v) is 6.29. The lowest BCUT2D eigenvalue weighted by molar-refractivity contribution is 0.0692. The number of alkyl halides is 2. The van der Waals surface area contributed by atoms with Crippen LogP contribution in [-0.4, -0.2) is 38.5 Å². The molecule has 4 aromatic rings. The van der Waals surface area contributed by atoms with Crippen LogP contribution in [0.25, 0.3) is 16.9 Å². The molecule has 0 bridgehead atoms. The number of amides is 1. The Balaban J connectivity index is 1.39. The summed E-state index contributed by atoms with van der Waals surface area (Å²) < 4.78 is 28.7. The Morgan fingerprint density at radius 3 is 2.33 bits per heavy atom. The van der Waals surface area contributed by atoms with Crippen LogP contribution in [0.1, 0.15) is 40.9 Å². The molecule has 5 nitrogen and oxygen atoms in total. The lowest BCUT2D eigenvalue weighted by Crippen LogP contribution is -2.39. The van der Waals surface area contributed by atoms with E-state index in [-0.39, 0.29) is 22.8 Å². The first kappa shape index (κ1) is 21.2. The van der Waals surface area contributed by atoms with Crippen molar-refractivity contribution >= 4 is 11.6 Å². The summed E-state index contributed by atoms with van der Waals surface area (Å²) in [6.07, 6.45) is 1.44. The molecular formula is C26H24F2N4O. The summed E-state index contributed by atoms with van der Waals surface area (Å²) in [6.45, 7) is 1.27. The standard InChI is InChI=1S/C26H24F2N4O/c27-24(28)23-16-22(20-9-5-2-6-10-20)30-25-21(17-29-32(23)25)26(33)31-13-11-19(12-14-31)15-18-7-3-1-4-8-18/h1-10,16-17,19,24H,11-15H2. The Morgan fingerprint density at radius 1 is 1.00 bits per heavy atom. The van der Waals surface area contributed by atoms with E-state index in [1.807, 2.05) is 48.5 Å². The number of likely N-dealkylation sites (tertiary alicyclic amines) is 1. The van der Waals surface area contributed by atoms with Crippen molar-refractivity contribution in [2.75, 3.05) is 13.1 Å². The van der Waals surface area contributed by atoms with Crippen molar-refractivity contribution in [2.24, 2.45) is 5.92 Å². The molecule has 33 heavy (non-hydrogen) atoms. The first-order valence-corrected chi connectivity index (χ1v) is 11.2. The lowest BCUT2D eigenvalue weighted by atomic mass is 9.90. The van der Waals surface area contributed by atoms with Gasteiger partial charge in [-0.2, -0.15) is 5.10 Å². The van der Waals surface area contributed by atoms with Crippen molar-refractivity contribution in [2.45, 2.75) is 25.7 Å². The Kier molecular flexibility index (Phi) is 5.86. The largest absolute Gasteiger partial charge is 0.338 e. The minimum Gasteiger partial charge on any atom is -0.338 e. The van der Waals surface area contributed by atoms with Crippen LogP contribution in [0, 0.1) is 5.92 Å². The molecule has 0 atom stereocenters. The number of halogens is 2. The van der Waals surface area contributed by atoms with E-state index in [0.717, 1.165) is 23.8 Å². The van der Waals surface area contributed by atoms with Gasteiger partial charge in [0, 0.05) is 18.7 Å². The fraction of sp³-hybridized carbons (Fsp3) is 0.269. The number of fused-ring (bicyclic) bond motifs is 1. The van der Waals surface area contributed by atoms with E-state index >= 15 is 0 Å². The number of carbonyl (C=O) groups excluding carboxylic acids is 1. The third kappa shape index (κ3) is 4.35. The molecule has 0 saturated carbocycles. The predicted octanol–water partition coefficient (Wildman–Crippen LogP) is 5.43. The van der Waals surface area contributed by atoms with E-state index in [2.05, 4.69) is 22.2 Å². The molecule has 1 aliphatic rings. The summed E-state index contributed by atoms with van der Waals surface area (Å²) in [7, 11) is 0. The van der Waals surface area contributed by atoms with Gasteiger partial charge < -0.3 is 4.90 Å². The second-order valence-electron chi connectivity index (χ2n) is 8.45. The normalized spacial score (nSPS) is 14.8. The highest BCUT2D eigenvalue weighted by molar-refractivity contribution is 6.00. The predicted molar refractivity (Wildman–Crippen MR) is 122 cm³/mol. The SMILES string of the molecule is O=C(c1cnn2c(C(F)F)cc(-c3ccccc3)nc12)N1CCC(Cc2ccccc2)CC1. The van der Waals surface area contributed by atoms with Crippen LogP contribution in [0.2, 0.25) is 0 Å². The summed E-state index contributed by atoms with van der Waals surface area (Å²) in [5, 5.41) is 4.09. The zero-order valence-corrected chi connectivity index (χ0v) is 18.1. The maximum atomic E-state index is 13.8. The van der Waals surface area contributed by atoms with Gasteiger partial charge in [0.25, 0.3) is 12.3 Å². The zero-order chi connectivity index (χ0) is 22.8. The van der Waals surface area contributed by atoms with E-state index in [1.165, 1.54) is 17.8 Å². The molecule has 0 spiro atoms. The summed E-state index contributed by atoms with van der Waals surface area (Å²) in [5.74, 6) is 0.315. The van der Waals surface area contributed by atoms with Crippen molar-refractivity contribution < 1.29 is 13.6 Å². The average molecular weight is 447 g/mol. The molecule has 7 heteroatoms. The number of carbonyl (C=O) groups is 1. The molecule has 0 N–H and O–H groups in total. The summed E-state index contributed by atoms with van der Waals surface area (Å²) in [5.41, 5.74) is 2.57. The molecule has 3 heterocycles. The number of nitrogens with zero attached hydrogens (tertiary/aromatic N) is 4. The lowest BCUT2D eigenvalue weighted by Gasteiger charge is -2.32. The van der Waals surface area contributed by atoms with Crippen LogP contribution in [0.3, 0.4) is 0 Å². The van der Waals surface area contributed by atoms with Crippen molar-refractivity contribution in [3.8, 4) is 11.3 Å². The van der Waals surface area contributed by atoms with Gasteiger partial charge in [-0.05, 0) is 36.8 Å². The quantitative estimate of drug-likeness (QED) is 0.411. The number of hydrogen-bond acceptors (Lipinski definition) is 3. The van der Waals surface area contributed by atoms with E-state index < -0.39 is 6.43 Å². The molecule has 2 aromatic heterocycles. The second-order valence-corrected chi connectivity index (χ2v) is 8.45. The fourth-order valence-corrected chi connectivity index (χ4v) is 4.51. The van der Waals surface area contributed by atoms with Crippen LogP contribution in [-0.2, 0) is 6.42 Å². The van der Waals surface area contributed by atoms with Gasteiger partial charge in [-0.25, -0.2) is 18.3 Å². The molecule has 1 fully saturated rings. The van der Waals surface area contributed by atoms with E-state index in [1.54, 1.807) is 4.90 Å². The molecule has 1 amide bonds. The highest BCUT2D eigenvalue weighted by atomic mass is 19.3. The van der Waals surface area contributed by atoms with E-state index in [0.29, 0.717) is 30.3 Å².